The van der Waals surface area contributed by atoms with Gasteiger partial charge in [0.1, 0.15) is 6.10 Å². The minimum atomic E-state index is -0.692. The first kappa shape index (κ1) is 6.99. The van der Waals surface area contributed by atoms with Gasteiger partial charge in [0.2, 0.25) is 0 Å². The summed E-state index contributed by atoms with van der Waals surface area (Å²) in [7, 11) is 1.56. The van der Waals surface area contributed by atoms with Crippen LogP contribution in [0, 0.1) is 0 Å². The molecule has 54 valence electrons. The van der Waals surface area contributed by atoms with Gasteiger partial charge >= 0.3 is 0 Å². The molecule has 0 bridgehead atoms. The molecule has 0 aliphatic heterocycles. The first-order valence-corrected chi connectivity index (χ1v) is 3.09. The predicted molar refractivity (Wildman–Crippen MR) is 32.1 cm³/mol. The van der Waals surface area contributed by atoms with Gasteiger partial charge in [-0.3, -0.25) is 0 Å². The number of hydrogen-bond acceptors (Lipinski definition) is 3. The van der Waals surface area contributed by atoms with E-state index in [-0.39, 0.29) is 6.61 Å². The van der Waals surface area contributed by atoms with Crippen molar-refractivity contribution in [1.29, 1.82) is 0 Å². The van der Waals surface area contributed by atoms with Crippen molar-refractivity contribution < 1.29 is 14.9 Å². The fourth-order valence-corrected chi connectivity index (χ4v) is 0.963. The van der Waals surface area contributed by atoms with Gasteiger partial charge in [0, 0.05) is 7.11 Å². The molecule has 0 aromatic carbocycles. The van der Waals surface area contributed by atoms with Crippen LogP contribution in [-0.4, -0.2) is 35.6 Å². The van der Waals surface area contributed by atoms with E-state index in [4.69, 9.17) is 14.9 Å². The maximum absolute atomic E-state index is 9.07. The van der Waals surface area contributed by atoms with Gasteiger partial charge in [-0.05, 0) is 12.8 Å². The van der Waals surface area contributed by atoms with E-state index >= 15 is 0 Å². The van der Waals surface area contributed by atoms with E-state index in [2.05, 4.69) is 0 Å². The van der Waals surface area contributed by atoms with E-state index in [0.717, 1.165) is 12.8 Å². The molecule has 1 aliphatic carbocycles. The Morgan fingerprint density at radius 3 is 2.33 bits per heavy atom. The highest BCUT2D eigenvalue weighted by Gasteiger charge is 2.49. The Labute approximate surface area is 54.3 Å². The largest absolute Gasteiger partial charge is 0.394 e. The van der Waals surface area contributed by atoms with Crippen LogP contribution in [0.3, 0.4) is 0 Å². The van der Waals surface area contributed by atoms with Crippen molar-refractivity contribution in [3.05, 3.63) is 0 Å². The van der Waals surface area contributed by atoms with Crippen LogP contribution >= 0.6 is 0 Å². The number of rotatable bonds is 3. The van der Waals surface area contributed by atoms with Crippen molar-refractivity contribution in [3.8, 4) is 0 Å². The van der Waals surface area contributed by atoms with Crippen LogP contribution in [0.1, 0.15) is 12.8 Å². The maximum atomic E-state index is 9.07. The average molecular weight is 132 g/mol. The third-order valence-electron chi connectivity index (χ3n) is 1.93. The zero-order chi connectivity index (χ0) is 6.91. The number of hydrogen-bond donors (Lipinski definition) is 2. The molecule has 0 spiro atoms. The fraction of sp³-hybridized carbons (Fsp3) is 1.00. The summed E-state index contributed by atoms with van der Waals surface area (Å²) in [6, 6.07) is 0. The molecular formula is C6H12O3. The summed E-state index contributed by atoms with van der Waals surface area (Å²) < 4.78 is 4.99. The summed E-state index contributed by atoms with van der Waals surface area (Å²) in [6.07, 6.45) is 1.04. The molecule has 0 saturated heterocycles. The number of aliphatic hydroxyl groups excluding tert-OH is 2. The lowest BCUT2D eigenvalue weighted by molar-refractivity contribution is -0.0550. The SMILES string of the molecule is COC1(C(O)CO)CC1. The molecule has 1 atom stereocenters. The van der Waals surface area contributed by atoms with E-state index in [1.54, 1.807) is 7.11 Å². The van der Waals surface area contributed by atoms with Crippen LogP contribution in [0.2, 0.25) is 0 Å². The summed E-state index contributed by atoms with van der Waals surface area (Å²) in [5, 5.41) is 17.6. The molecule has 1 saturated carbocycles. The highest BCUT2D eigenvalue weighted by atomic mass is 16.5. The standard InChI is InChI=1S/C6H12O3/c1-9-6(2-3-6)5(8)4-7/h5,7-8H,2-4H2,1H3. The van der Waals surface area contributed by atoms with Crippen molar-refractivity contribution >= 4 is 0 Å². The van der Waals surface area contributed by atoms with Crippen molar-refractivity contribution in [3.63, 3.8) is 0 Å². The minimum absolute atomic E-state index is 0.201. The van der Waals surface area contributed by atoms with Crippen molar-refractivity contribution in [1.82, 2.24) is 0 Å². The second-order valence-corrected chi connectivity index (χ2v) is 2.47. The van der Waals surface area contributed by atoms with Gasteiger partial charge in [0.25, 0.3) is 0 Å². The van der Waals surface area contributed by atoms with Crippen molar-refractivity contribution in [2.45, 2.75) is 24.5 Å². The summed E-state index contributed by atoms with van der Waals surface area (Å²) in [6.45, 7) is -0.201. The third-order valence-corrected chi connectivity index (χ3v) is 1.93. The van der Waals surface area contributed by atoms with Crippen LogP contribution in [0.25, 0.3) is 0 Å². The monoisotopic (exact) mass is 132 g/mol. The van der Waals surface area contributed by atoms with Gasteiger partial charge in [-0.1, -0.05) is 0 Å². The Hall–Kier alpha value is -0.120. The third kappa shape index (κ3) is 1.08. The summed E-state index contributed by atoms with van der Waals surface area (Å²) in [5.74, 6) is 0. The fourth-order valence-electron chi connectivity index (χ4n) is 0.963. The zero-order valence-corrected chi connectivity index (χ0v) is 5.50. The minimum Gasteiger partial charge on any atom is -0.394 e. The van der Waals surface area contributed by atoms with E-state index in [9.17, 15) is 0 Å². The highest BCUT2D eigenvalue weighted by molar-refractivity contribution is 5.01. The smallest absolute Gasteiger partial charge is 0.106 e. The number of aliphatic hydroxyl groups is 2. The molecule has 9 heavy (non-hydrogen) atoms. The molecule has 1 rings (SSSR count). The lowest BCUT2D eigenvalue weighted by Gasteiger charge is -2.17. The topological polar surface area (TPSA) is 49.7 Å². The van der Waals surface area contributed by atoms with E-state index in [0.29, 0.717) is 0 Å². The van der Waals surface area contributed by atoms with Gasteiger partial charge in [-0.25, -0.2) is 0 Å². The molecule has 1 fully saturated rings. The summed E-state index contributed by atoms with van der Waals surface area (Å²) >= 11 is 0. The Bertz CT molecular complexity index is 98.5. The Morgan fingerprint density at radius 2 is 2.22 bits per heavy atom. The Morgan fingerprint density at radius 1 is 1.67 bits per heavy atom. The van der Waals surface area contributed by atoms with Gasteiger partial charge in [-0.2, -0.15) is 0 Å². The van der Waals surface area contributed by atoms with Gasteiger partial charge < -0.3 is 14.9 Å². The van der Waals surface area contributed by atoms with Crippen LogP contribution in [0.15, 0.2) is 0 Å². The quantitative estimate of drug-likeness (QED) is 0.545. The molecular weight excluding hydrogens is 120 g/mol. The van der Waals surface area contributed by atoms with E-state index < -0.39 is 11.7 Å². The van der Waals surface area contributed by atoms with Gasteiger partial charge in [0.05, 0.1) is 12.2 Å². The second-order valence-electron chi connectivity index (χ2n) is 2.47. The molecule has 0 aromatic rings. The molecule has 2 N–H and O–H groups in total. The molecule has 1 aliphatic rings. The maximum Gasteiger partial charge on any atom is 0.106 e. The van der Waals surface area contributed by atoms with Crippen LogP contribution in [0.5, 0.6) is 0 Å². The van der Waals surface area contributed by atoms with Crippen LogP contribution in [0.4, 0.5) is 0 Å². The molecule has 0 heterocycles. The predicted octanol–water partition coefficient (Wildman–Crippen LogP) is -0.481. The zero-order valence-electron chi connectivity index (χ0n) is 5.50. The van der Waals surface area contributed by atoms with Crippen molar-refractivity contribution in [2.75, 3.05) is 13.7 Å². The summed E-state index contributed by atoms with van der Waals surface area (Å²) in [4.78, 5) is 0. The Balaban J connectivity index is 2.39. The van der Waals surface area contributed by atoms with Crippen LogP contribution in [-0.2, 0) is 4.74 Å². The van der Waals surface area contributed by atoms with E-state index in [1.807, 2.05) is 0 Å². The molecule has 0 radical (unpaired) electrons. The highest BCUT2D eigenvalue weighted by Crippen LogP contribution is 2.41. The first-order chi connectivity index (χ1) is 4.25. The first-order valence-electron chi connectivity index (χ1n) is 3.09. The van der Waals surface area contributed by atoms with Gasteiger partial charge in [-0.15, -0.1) is 0 Å². The molecule has 0 amide bonds. The Kier molecular flexibility index (Phi) is 1.75. The number of methoxy groups -OCH3 is 1. The van der Waals surface area contributed by atoms with E-state index in [1.165, 1.54) is 0 Å². The average Bonchev–Trinajstić information content (AvgIpc) is 2.66. The van der Waals surface area contributed by atoms with Crippen LogP contribution < -0.4 is 0 Å². The summed E-state index contributed by atoms with van der Waals surface area (Å²) in [5.41, 5.74) is -0.394. The lowest BCUT2D eigenvalue weighted by Crippen LogP contribution is -2.32. The number of ether oxygens (including phenoxy) is 1. The molecule has 3 heteroatoms. The molecule has 0 aromatic heterocycles. The normalized spacial score (nSPS) is 25.7. The second kappa shape index (κ2) is 2.25. The van der Waals surface area contributed by atoms with Crippen molar-refractivity contribution in [2.24, 2.45) is 0 Å². The molecule has 1 unspecified atom stereocenters. The molecule has 3 nitrogen and oxygen atoms in total. The van der Waals surface area contributed by atoms with Gasteiger partial charge in [0.15, 0.2) is 0 Å². The lowest BCUT2D eigenvalue weighted by atomic mass is 10.2.